The van der Waals surface area contributed by atoms with E-state index in [1.165, 1.54) is 12.8 Å². The molecule has 0 aromatic carbocycles. The Morgan fingerprint density at radius 1 is 1.47 bits per heavy atom. The first-order valence-corrected chi connectivity index (χ1v) is 6.58. The van der Waals surface area contributed by atoms with Gasteiger partial charge >= 0.3 is 0 Å². The number of rotatable bonds is 5. The summed E-state index contributed by atoms with van der Waals surface area (Å²) in [5.41, 5.74) is 2.01. The highest BCUT2D eigenvalue weighted by atomic mass is 16.5. The number of hydrogen-bond acceptors (Lipinski definition) is 4. The van der Waals surface area contributed by atoms with Crippen LogP contribution in [0.15, 0.2) is 24.4 Å². The number of aromatic nitrogens is 3. The Kier molecular flexibility index (Phi) is 3.21. The van der Waals surface area contributed by atoms with Crippen molar-refractivity contribution in [2.45, 2.75) is 32.4 Å². The molecule has 0 unspecified atom stereocenters. The maximum absolute atomic E-state index is 5.86. The van der Waals surface area contributed by atoms with E-state index in [2.05, 4.69) is 15.4 Å². The van der Waals surface area contributed by atoms with Crippen LogP contribution in [-0.2, 0) is 13.6 Å². The lowest BCUT2D eigenvalue weighted by Gasteiger charge is -2.10. The topological polar surface area (TPSA) is 52.0 Å². The first-order chi connectivity index (χ1) is 9.22. The van der Waals surface area contributed by atoms with Gasteiger partial charge in [-0.1, -0.05) is 6.07 Å². The molecule has 0 atom stereocenters. The molecule has 0 amide bonds. The monoisotopic (exact) mass is 258 g/mol. The van der Waals surface area contributed by atoms with Gasteiger partial charge in [0.1, 0.15) is 0 Å². The van der Waals surface area contributed by atoms with Crippen LogP contribution in [0.4, 0.5) is 0 Å². The molecule has 100 valence electrons. The van der Waals surface area contributed by atoms with Gasteiger partial charge in [-0.3, -0.25) is 0 Å². The SMILES string of the molecule is Cc1cc(Oc2ncccc2CNC2CC2)n(C)n1. The molecule has 2 aromatic heterocycles. The minimum absolute atomic E-state index is 0.652. The van der Waals surface area contributed by atoms with Crippen molar-refractivity contribution in [1.29, 1.82) is 0 Å². The molecule has 1 aliphatic rings. The Balaban J connectivity index is 1.77. The summed E-state index contributed by atoms with van der Waals surface area (Å²) in [4.78, 5) is 4.32. The molecule has 1 fully saturated rings. The summed E-state index contributed by atoms with van der Waals surface area (Å²) in [7, 11) is 1.87. The summed E-state index contributed by atoms with van der Waals surface area (Å²) < 4.78 is 7.59. The highest BCUT2D eigenvalue weighted by Gasteiger charge is 2.21. The number of ether oxygens (including phenoxy) is 1. The van der Waals surface area contributed by atoms with E-state index in [4.69, 9.17) is 4.74 Å². The number of nitrogens with one attached hydrogen (secondary N) is 1. The minimum atomic E-state index is 0.652. The second kappa shape index (κ2) is 5.01. The van der Waals surface area contributed by atoms with Crippen LogP contribution in [0.1, 0.15) is 24.1 Å². The second-order valence-corrected chi connectivity index (χ2v) is 4.97. The van der Waals surface area contributed by atoms with E-state index in [0.717, 1.165) is 17.8 Å². The molecule has 19 heavy (non-hydrogen) atoms. The molecule has 1 saturated carbocycles. The van der Waals surface area contributed by atoms with Crippen molar-refractivity contribution in [3.05, 3.63) is 35.7 Å². The van der Waals surface area contributed by atoms with Gasteiger partial charge in [0.2, 0.25) is 11.8 Å². The summed E-state index contributed by atoms with van der Waals surface area (Å²) in [5.74, 6) is 1.36. The van der Waals surface area contributed by atoms with Crippen LogP contribution in [0.5, 0.6) is 11.8 Å². The largest absolute Gasteiger partial charge is 0.421 e. The highest BCUT2D eigenvalue weighted by Crippen LogP contribution is 2.25. The van der Waals surface area contributed by atoms with Crippen molar-refractivity contribution in [3.8, 4) is 11.8 Å². The molecule has 2 heterocycles. The van der Waals surface area contributed by atoms with E-state index in [1.54, 1.807) is 10.9 Å². The molecular weight excluding hydrogens is 240 g/mol. The molecule has 0 aliphatic heterocycles. The predicted molar refractivity (Wildman–Crippen MR) is 72.1 cm³/mol. The van der Waals surface area contributed by atoms with E-state index < -0.39 is 0 Å². The fraction of sp³-hybridized carbons (Fsp3) is 0.429. The molecule has 2 aromatic rings. The number of nitrogens with zero attached hydrogens (tertiary/aromatic N) is 3. The molecule has 0 bridgehead atoms. The Morgan fingerprint density at radius 3 is 3.00 bits per heavy atom. The van der Waals surface area contributed by atoms with Crippen molar-refractivity contribution in [2.24, 2.45) is 7.05 Å². The lowest BCUT2D eigenvalue weighted by atomic mass is 10.2. The maximum atomic E-state index is 5.86. The van der Waals surface area contributed by atoms with Gasteiger partial charge in [-0.05, 0) is 25.8 Å². The minimum Gasteiger partial charge on any atom is -0.421 e. The van der Waals surface area contributed by atoms with Gasteiger partial charge < -0.3 is 10.1 Å². The van der Waals surface area contributed by atoms with Gasteiger partial charge in [-0.15, -0.1) is 0 Å². The zero-order chi connectivity index (χ0) is 13.2. The van der Waals surface area contributed by atoms with Crippen LogP contribution in [0.25, 0.3) is 0 Å². The molecule has 3 rings (SSSR count). The smallest absolute Gasteiger partial charge is 0.225 e. The first-order valence-electron chi connectivity index (χ1n) is 6.58. The third kappa shape index (κ3) is 2.93. The van der Waals surface area contributed by atoms with Crippen LogP contribution in [0.3, 0.4) is 0 Å². The second-order valence-electron chi connectivity index (χ2n) is 4.97. The van der Waals surface area contributed by atoms with Gasteiger partial charge in [0.25, 0.3) is 0 Å². The number of aryl methyl sites for hydroxylation is 2. The van der Waals surface area contributed by atoms with E-state index in [1.807, 2.05) is 32.2 Å². The zero-order valence-corrected chi connectivity index (χ0v) is 11.3. The summed E-state index contributed by atoms with van der Waals surface area (Å²) in [6.07, 6.45) is 4.30. The zero-order valence-electron chi connectivity index (χ0n) is 11.3. The Hall–Kier alpha value is -1.88. The first kappa shape index (κ1) is 12.2. The summed E-state index contributed by atoms with van der Waals surface area (Å²) in [6.45, 7) is 2.74. The molecule has 5 heteroatoms. The quantitative estimate of drug-likeness (QED) is 0.893. The fourth-order valence-electron chi connectivity index (χ4n) is 1.97. The van der Waals surface area contributed by atoms with E-state index in [9.17, 15) is 0 Å². The summed E-state index contributed by atoms with van der Waals surface area (Å²) >= 11 is 0. The van der Waals surface area contributed by atoms with Crippen molar-refractivity contribution in [1.82, 2.24) is 20.1 Å². The lowest BCUT2D eigenvalue weighted by molar-refractivity contribution is 0.408. The van der Waals surface area contributed by atoms with Crippen LogP contribution in [0.2, 0.25) is 0 Å². The van der Waals surface area contributed by atoms with Gasteiger partial charge in [0.05, 0.1) is 5.69 Å². The lowest BCUT2D eigenvalue weighted by Crippen LogP contribution is -2.16. The van der Waals surface area contributed by atoms with Gasteiger partial charge in [-0.25, -0.2) is 9.67 Å². The summed E-state index contributed by atoms with van der Waals surface area (Å²) in [6, 6.07) is 6.56. The molecule has 5 nitrogen and oxygen atoms in total. The van der Waals surface area contributed by atoms with E-state index >= 15 is 0 Å². The fourth-order valence-corrected chi connectivity index (χ4v) is 1.97. The van der Waals surface area contributed by atoms with Crippen LogP contribution in [0, 0.1) is 6.92 Å². The Morgan fingerprint density at radius 2 is 2.32 bits per heavy atom. The Bertz CT molecular complexity index is 575. The van der Waals surface area contributed by atoms with Gasteiger partial charge in [-0.2, -0.15) is 5.10 Å². The van der Waals surface area contributed by atoms with Crippen LogP contribution >= 0.6 is 0 Å². The molecule has 0 spiro atoms. The Labute approximate surface area is 112 Å². The normalized spacial score (nSPS) is 14.6. The summed E-state index contributed by atoms with van der Waals surface area (Å²) in [5, 5.41) is 7.75. The predicted octanol–water partition coefficient (Wildman–Crippen LogP) is 2.17. The standard InChI is InChI=1S/C14H18N4O/c1-10-8-13(18(2)17-10)19-14-11(4-3-7-15-14)9-16-12-5-6-12/h3-4,7-8,12,16H,5-6,9H2,1-2H3. The van der Waals surface area contributed by atoms with Gasteiger partial charge in [0, 0.05) is 37.5 Å². The number of pyridine rings is 1. The van der Waals surface area contributed by atoms with Crippen LogP contribution < -0.4 is 10.1 Å². The third-order valence-electron chi connectivity index (χ3n) is 3.17. The molecule has 0 radical (unpaired) electrons. The molecule has 1 N–H and O–H groups in total. The molecule has 0 saturated heterocycles. The van der Waals surface area contributed by atoms with Crippen molar-refractivity contribution < 1.29 is 4.74 Å². The third-order valence-corrected chi connectivity index (χ3v) is 3.17. The van der Waals surface area contributed by atoms with E-state index in [-0.39, 0.29) is 0 Å². The van der Waals surface area contributed by atoms with Gasteiger partial charge in [0.15, 0.2) is 0 Å². The van der Waals surface area contributed by atoms with Crippen molar-refractivity contribution >= 4 is 0 Å². The molecular formula is C14H18N4O. The maximum Gasteiger partial charge on any atom is 0.225 e. The number of hydrogen-bond donors (Lipinski definition) is 1. The average Bonchev–Trinajstić information content (AvgIpc) is 3.15. The van der Waals surface area contributed by atoms with Crippen molar-refractivity contribution in [3.63, 3.8) is 0 Å². The average molecular weight is 258 g/mol. The van der Waals surface area contributed by atoms with E-state index in [0.29, 0.717) is 17.8 Å². The van der Waals surface area contributed by atoms with Crippen LogP contribution in [-0.4, -0.2) is 20.8 Å². The van der Waals surface area contributed by atoms with Crippen molar-refractivity contribution in [2.75, 3.05) is 0 Å². The molecule has 1 aliphatic carbocycles. The highest BCUT2D eigenvalue weighted by molar-refractivity contribution is 5.30.